The summed E-state index contributed by atoms with van der Waals surface area (Å²) in [4.78, 5) is 22.8. The molecule has 0 saturated carbocycles. The number of Topliss-reactive ketones (excluding diaryl/α,β-unsaturated/α-hetero) is 1. The highest BCUT2D eigenvalue weighted by Crippen LogP contribution is 2.43. The zero-order chi connectivity index (χ0) is 22.6. The van der Waals surface area contributed by atoms with Crippen LogP contribution in [0.4, 0.5) is 4.39 Å². The molecule has 0 fully saturated rings. The third kappa shape index (κ3) is 4.35. The second-order valence-corrected chi connectivity index (χ2v) is 9.27. The first-order valence-electron chi connectivity index (χ1n) is 9.14. The SMILES string of the molecule is O=C(CC(c1ccccc1)C(F)([N+](=O)[O-])S(=O)(=O)c1ccccc1)c1ccc(Cl)cc1. The fourth-order valence-corrected chi connectivity index (χ4v) is 5.01. The van der Waals surface area contributed by atoms with Crippen molar-refractivity contribution in [3.05, 3.63) is 111 Å². The van der Waals surface area contributed by atoms with Gasteiger partial charge in [-0.2, -0.15) is 0 Å². The van der Waals surface area contributed by atoms with Gasteiger partial charge in [0.1, 0.15) is 5.92 Å². The summed E-state index contributed by atoms with van der Waals surface area (Å²) in [5, 5.41) is 8.34. The monoisotopic (exact) mass is 461 g/mol. The van der Waals surface area contributed by atoms with Crippen LogP contribution in [0.1, 0.15) is 28.3 Å². The van der Waals surface area contributed by atoms with Crippen molar-refractivity contribution >= 4 is 27.2 Å². The smallest absolute Gasteiger partial charge is 0.294 e. The number of carbonyl (C=O) groups excluding carboxylic acids is 1. The zero-order valence-electron chi connectivity index (χ0n) is 16.0. The molecule has 0 N–H and O–H groups in total. The van der Waals surface area contributed by atoms with E-state index in [-0.39, 0.29) is 11.1 Å². The van der Waals surface area contributed by atoms with E-state index >= 15 is 4.39 Å². The van der Waals surface area contributed by atoms with Crippen molar-refractivity contribution in [3.8, 4) is 0 Å². The molecule has 2 unspecified atom stereocenters. The zero-order valence-corrected chi connectivity index (χ0v) is 17.6. The van der Waals surface area contributed by atoms with Gasteiger partial charge in [-0.05, 0) is 42.0 Å². The van der Waals surface area contributed by atoms with Crippen LogP contribution in [-0.2, 0) is 9.84 Å². The molecule has 31 heavy (non-hydrogen) atoms. The van der Waals surface area contributed by atoms with E-state index in [9.17, 15) is 23.3 Å². The molecule has 160 valence electrons. The molecule has 0 aliphatic heterocycles. The molecule has 3 aromatic carbocycles. The fraction of sp³-hybridized carbons (Fsp3) is 0.136. The molecule has 0 amide bonds. The first kappa shape index (κ1) is 22.6. The Morgan fingerprint density at radius 1 is 0.968 bits per heavy atom. The Balaban J connectivity index is 2.15. The quantitative estimate of drug-likeness (QED) is 0.202. The van der Waals surface area contributed by atoms with Gasteiger partial charge in [0.05, 0.1) is 9.82 Å². The third-order valence-electron chi connectivity index (χ3n) is 4.87. The number of hydrogen-bond donors (Lipinski definition) is 0. The second kappa shape index (κ2) is 8.95. The fourth-order valence-electron chi connectivity index (χ4n) is 3.25. The Morgan fingerprint density at radius 2 is 1.48 bits per heavy atom. The minimum atomic E-state index is -5.12. The molecule has 0 aromatic heterocycles. The topological polar surface area (TPSA) is 94.3 Å². The lowest BCUT2D eigenvalue weighted by molar-refractivity contribution is -0.578. The van der Waals surface area contributed by atoms with E-state index in [1.165, 1.54) is 66.7 Å². The molecule has 3 rings (SSSR count). The van der Waals surface area contributed by atoms with Crippen LogP contribution in [-0.4, -0.2) is 24.2 Å². The lowest BCUT2D eigenvalue weighted by Gasteiger charge is -2.26. The Morgan fingerprint density at radius 3 is 2.00 bits per heavy atom. The van der Waals surface area contributed by atoms with Crippen molar-refractivity contribution in [2.75, 3.05) is 0 Å². The normalized spacial score (nSPS) is 14.4. The standard InChI is InChI=1S/C22H17ClFNO5S/c23-18-13-11-17(12-14-18)21(26)15-20(16-7-3-1-4-8-16)22(24,25(27)28)31(29,30)19-9-5-2-6-10-19/h1-14,20H,15H2. The van der Waals surface area contributed by atoms with Gasteiger partial charge in [0.25, 0.3) is 9.84 Å². The lowest BCUT2D eigenvalue weighted by atomic mass is 9.90. The van der Waals surface area contributed by atoms with Crippen molar-refractivity contribution in [3.63, 3.8) is 0 Å². The second-order valence-electron chi connectivity index (χ2n) is 6.78. The van der Waals surface area contributed by atoms with Gasteiger partial charge in [-0.1, -0.05) is 60.1 Å². The molecule has 9 heteroatoms. The van der Waals surface area contributed by atoms with Crippen LogP contribution in [0.2, 0.25) is 5.02 Å². The van der Waals surface area contributed by atoms with Crippen LogP contribution < -0.4 is 0 Å². The van der Waals surface area contributed by atoms with E-state index in [1.54, 1.807) is 6.07 Å². The number of ketones is 1. The number of halogens is 2. The summed E-state index contributed by atoms with van der Waals surface area (Å²) in [6.07, 6.45) is -0.741. The van der Waals surface area contributed by atoms with Crippen molar-refractivity contribution in [1.29, 1.82) is 0 Å². The van der Waals surface area contributed by atoms with Crippen LogP contribution in [0, 0.1) is 10.1 Å². The molecule has 0 aliphatic rings. The number of nitrogens with zero attached hydrogens (tertiary/aromatic N) is 1. The molecule has 0 spiro atoms. The third-order valence-corrected chi connectivity index (χ3v) is 7.20. The van der Waals surface area contributed by atoms with Crippen LogP contribution in [0.5, 0.6) is 0 Å². The summed E-state index contributed by atoms with van der Waals surface area (Å²) < 4.78 is 42.5. The Bertz CT molecular complexity index is 1190. The van der Waals surface area contributed by atoms with E-state index in [1.807, 2.05) is 0 Å². The van der Waals surface area contributed by atoms with Gasteiger partial charge in [0.2, 0.25) is 0 Å². The van der Waals surface area contributed by atoms with Gasteiger partial charge in [-0.25, -0.2) is 8.42 Å². The van der Waals surface area contributed by atoms with E-state index in [4.69, 9.17) is 11.6 Å². The van der Waals surface area contributed by atoms with Gasteiger partial charge in [0.15, 0.2) is 5.78 Å². The number of rotatable bonds is 8. The molecule has 0 heterocycles. The highest BCUT2D eigenvalue weighted by atomic mass is 35.5. The van der Waals surface area contributed by atoms with Gasteiger partial charge in [-0.15, -0.1) is 4.39 Å². The van der Waals surface area contributed by atoms with Crippen molar-refractivity contribution < 1.29 is 22.5 Å². The number of sulfone groups is 1. The summed E-state index contributed by atoms with van der Waals surface area (Å²) in [7, 11) is -5.12. The maximum absolute atomic E-state index is 16.2. The Kier molecular flexibility index (Phi) is 6.52. The lowest BCUT2D eigenvalue weighted by Crippen LogP contribution is -2.48. The van der Waals surface area contributed by atoms with Gasteiger partial charge >= 0.3 is 5.12 Å². The van der Waals surface area contributed by atoms with E-state index < -0.39 is 42.9 Å². The van der Waals surface area contributed by atoms with Gasteiger partial charge in [0, 0.05) is 17.0 Å². The number of alkyl halides is 1. The van der Waals surface area contributed by atoms with E-state index in [2.05, 4.69) is 0 Å². The van der Waals surface area contributed by atoms with E-state index in [0.717, 1.165) is 12.1 Å². The van der Waals surface area contributed by atoms with Crippen molar-refractivity contribution in [2.45, 2.75) is 22.4 Å². The number of benzene rings is 3. The van der Waals surface area contributed by atoms with Crippen LogP contribution in [0.25, 0.3) is 0 Å². The molecule has 6 nitrogen and oxygen atoms in total. The predicted molar refractivity (Wildman–Crippen MR) is 114 cm³/mol. The largest absolute Gasteiger partial charge is 0.469 e. The first-order chi connectivity index (χ1) is 14.7. The van der Waals surface area contributed by atoms with Gasteiger partial charge < -0.3 is 0 Å². The predicted octanol–water partition coefficient (Wildman–Crippen LogP) is 5.07. The highest BCUT2D eigenvalue weighted by Gasteiger charge is 2.64. The van der Waals surface area contributed by atoms with E-state index in [0.29, 0.717) is 5.02 Å². The summed E-state index contributed by atoms with van der Waals surface area (Å²) in [6.45, 7) is 0. The average molecular weight is 462 g/mol. The molecule has 0 saturated heterocycles. The number of carbonyl (C=O) groups is 1. The molecular formula is C22H17ClFNO5S. The molecule has 2 atom stereocenters. The minimum Gasteiger partial charge on any atom is -0.294 e. The maximum Gasteiger partial charge on any atom is 0.469 e. The molecular weight excluding hydrogens is 445 g/mol. The first-order valence-corrected chi connectivity index (χ1v) is 11.0. The van der Waals surface area contributed by atoms with Crippen LogP contribution in [0.15, 0.2) is 89.8 Å². The average Bonchev–Trinajstić information content (AvgIpc) is 2.78. The maximum atomic E-state index is 16.2. The summed E-state index contributed by atoms with van der Waals surface area (Å²) in [6, 6.07) is 19.3. The summed E-state index contributed by atoms with van der Waals surface area (Å²) in [5.41, 5.74) is 0.150. The number of hydrogen-bond acceptors (Lipinski definition) is 5. The summed E-state index contributed by atoms with van der Waals surface area (Å²) in [5.74, 6) is -2.55. The molecule has 0 radical (unpaired) electrons. The Hall–Kier alpha value is -3.10. The van der Waals surface area contributed by atoms with Gasteiger partial charge in [-0.3, -0.25) is 14.9 Å². The number of nitro groups is 1. The van der Waals surface area contributed by atoms with Crippen LogP contribution in [0.3, 0.4) is 0 Å². The molecule has 0 aliphatic carbocycles. The van der Waals surface area contributed by atoms with Crippen molar-refractivity contribution in [1.82, 2.24) is 0 Å². The minimum absolute atomic E-state index is 0.0171. The Labute approximate surface area is 183 Å². The molecule has 0 bridgehead atoms. The van der Waals surface area contributed by atoms with Crippen LogP contribution >= 0.6 is 11.6 Å². The highest BCUT2D eigenvalue weighted by molar-refractivity contribution is 7.92. The summed E-state index contributed by atoms with van der Waals surface area (Å²) >= 11 is 5.82. The molecule has 3 aromatic rings. The van der Waals surface area contributed by atoms with Crippen molar-refractivity contribution in [2.24, 2.45) is 0 Å².